The molecule has 0 unspecified atom stereocenters. The van der Waals surface area contributed by atoms with E-state index in [1.165, 1.54) is 12.1 Å². The van der Waals surface area contributed by atoms with Gasteiger partial charge in [-0.05, 0) is 18.2 Å². The molecule has 1 spiro atoms. The van der Waals surface area contributed by atoms with Gasteiger partial charge < -0.3 is 14.7 Å². The molecule has 0 radical (unpaired) electrons. The monoisotopic (exact) mass is 382 g/mol. The fraction of sp³-hybridized carbons (Fsp3) is 0.263. The number of benzene rings is 1. The van der Waals surface area contributed by atoms with Gasteiger partial charge in [0.2, 0.25) is 11.8 Å². The minimum atomic E-state index is -1.15. The van der Waals surface area contributed by atoms with Gasteiger partial charge in [0.1, 0.15) is 24.0 Å². The third-order valence-electron chi connectivity index (χ3n) is 5.42. The molecule has 1 amide bonds. The number of ether oxygens (including phenoxy) is 1. The summed E-state index contributed by atoms with van der Waals surface area (Å²) in [5, 5.41) is 15.8. The number of H-pyrrole nitrogens is 1. The summed E-state index contributed by atoms with van der Waals surface area (Å²) in [4.78, 5) is 29.7. The number of aliphatic carboxylic acids is 1. The molecule has 9 heteroatoms. The number of hydrogen-bond acceptors (Lipinski definition) is 5. The van der Waals surface area contributed by atoms with Crippen molar-refractivity contribution >= 4 is 28.6 Å². The standard InChI is InChI=1S/C19H15FN4O4/c20-11-2-1-3-14-17(11)19(18(27)24(14)9-16(25)26)6-10(7-19)28-15-5-4-12-13(22-15)8-21-23-12/h1-5,8,10H,6-7,9H2,(H,21,23)(H,25,26). The summed E-state index contributed by atoms with van der Waals surface area (Å²) in [7, 11) is 0. The Labute approximate surface area is 157 Å². The molecule has 0 saturated heterocycles. The predicted molar refractivity (Wildman–Crippen MR) is 95.6 cm³/mol. The molecule has 1 aromatic carbocycles. The van der Waals surface area contributed by atoms with Crippen LogP contribution < -0.4 is 9.64 Å². The molecule has 3 aromatic rings. The summed E-state index contributed by atoms with van der Waals surface area (Å²) in [6.07, 6.45) is 1.79. The van der Waals surface area contributed by atoms with Gasteiger partial charge in [0, 0.05) is 24.5 Å². The number of hydrogen-bond donors (Lipinski definition) is 2. The zero-order valence-electron chi connectivity index (χ0n) is 14.6. The molecule has 3 heterocycles. The van der Waals surface area contributed by atoms with Crippen molar-refractivity contribution < 1.29 is 23.8 Å². The Hall–Kier alpha value is -3.49. The van der Waals surface area contributed by atoms with Crippen LogP contribution in [0.25, 0.3) is 11.0 Å². The topological polar surface area (TPSA) is 108 Å². The molecule has 2 aliphatic rings. The normalized spacial score (nSPS) is 23.1. The summed E-state index contributed by atoms with van der Waals surface area (Å²) in [5.41, 5.74) is 0.944. The van der Waals surface area contributed by atoms with Crippen LogP contribution >= 0.6 is 0 Å². The zero-order valence-corrected chi connectivity index (χ0v) is 14.6. The van der Waals surface area contributed by atoms with Gasteiger partial charge >= 0.3 is 5.97 Å². The largest absolute Gasteiger partial charge is 0.480 e. The van der Waals surface area contributed by atoms with E-state index < -0.39 is 29.7 Å². The van der Waals surface area contributed by atoms with Crippen molar-refractivity contribution in [3.8, 4) is 5.88 Å². The predicted octanol–water partition coefficient (Wildman–Crippen LogP) is 2.01. The molecule has 142 valence electrons. The van der Waals surface area contributed by atoms with E-state index in [2.05, 4.69) is 15.2 Å². The zero-order chi connectivity index (χ0) is 19.5. The summed E-state index contributed by atoms with van der Waals surface area (Å²) < 4.78 is 20.5. The maximum absolute atomic E-state index is 14.6. The first-order valence-electron chi connectivity index (χ1n) is 8.77. The highest BCUT2D eigenvalue weighted by atomic mass is 19.1. The molecule has 1 fully saturated rings. The number of rotatable bonds is 4. The molecule has 0 bridgehead atoms. The highest BCUT2D eigenvalue weighted by Gasteiger charge is 2.61. The van der Waals surface area contributed by atoms with Crippen LogP contribution in [-0.2, 0) is 15.0 Å². The number of pyridine rings is 1. The first-order chi connectivity index (χ1) is 13.5. The summed E-state index contributed by atoms with van der Waals surface area (Å²) in [6.45, 7) is -0.499. The minimum absolute atomic E-state index is 0.263. The van der Waals surface area contributed by atoms with Crippen LogP contribution in [0.1, 0.15) is 18.4 Å². The molecule has 2 aromatic heterocycles. The number of nitrogens with one attached hydrogen (secondary N) is 1. The third-order valence-corrected chi connectivity index (χ3v) is 5.42. The Kier molecular flexibility index (Phi) is 3.42. The number of aromatic amines is 1. The average molecular weight is 382 g/mol. The number of carboxylic acid groups (broad SMARTS) is 1. The van der Waals surface area contributed by atoms with Crippen molar-refractivity contribution in [3.63, 3.8) is 0 Å². The van der Waals surface area contributed by atoms with Crippen molar-refractivity contribution in [3.05, 3.63) is 47.9 Å². The van der Waals surface area contributed by atoms with Gasteiger partial charge in [0.15, 0.2) is 0 Å². The van der Waals surface area contributed by atoms with E-state index in [0.717, 1.165) is 10.4 Å². The van der Waals surface area contributed by atoms with E-state index in [0.29, 0.717) is 17.1 Å². The lowest BCUT2D eigenvalue weighted by molar-refractivity contribution is -0.138. The van der Waals surface area contributed by atoms with Gasteiger partial charge in [0.05, 0.1) is 22.8 Å². The van der Waals surface area contributed by atoms with Crippen molar-refractivity contribution in [2.45, 2.75) is 24.4 Å². The molecule has 5 rings (SSSR count). The number of fused-ring (bicyclic) bond motifs is 3. The van der Waals surface area contributed by atoms with E-state index in [4.69, 9.17) is 9.84 Å². The number of nitrogens with zero attached hydrogens (tertiary/aromatic N) is 3. The van der Waals surface area contributed by atoms with E-state index in [1.807, 2.05) is 0 Å². The summed E-state index contributed by atoms with van der Waals surface area (Å²) in [5.74, 6) is -1.65. The Morgan fingerprint density at radius 3 is 2.96 bits per heavy atom. The second-order valence-electron chi connectivity index (χ2n) is 7.10. The van der Waals surface area contributed by atoms with Crippen molar-refractivity contribution in [1.29, 1.82) is 0 Å². The number of carbonyl (C=O) groups excluding carboxylic acids is 1. The average Bonchev–Trinajstić information content (AvgIpc) is 3.18. The van der Waals surface area contributed by atoms with E-state index in [-0.39, 0.29) is 24.5 Å². The van der Waals surface area contributed by atoms with Gasteiger partial charge in [-0.1, -0.05) is 6.07 Å². The first-order valence-corrected chi connectivity index (χ1v) is 8.77. The van der Waals surface area contributed by atoms with Crippen molar-refractivity contribution in [1.82, 2.24) is 15.2 Å². The molecule has 0 atom stereocenters. The molecular weight excluding hydrogens is 367 g/mol. The molecule has 1 aliphatic heterocycles. The molecule has 28 heavy (non-hydrogen) atoms. The van der Waals surface area contributed by atoms with Gasteiger partial charge in [0.25, 0.3) is 0 Å². The highest BCUT2D eigenvalue weighted by molar-refractivity contribution is 6.11. The van der Waals surface area contributed by atoms with Gasteiger partial charge in [-0.15, -0.1) is 0 Å². The number of amides is 1. The van der Waals surface area contributed by atoms with E-state index in [9.17, 15) is 14.0 Å². The summed E-state index contributed by atoms with van der Waals surface area (Å²) >= 11 is 0. The smallest absolute Gasteiger partial charge is 0.323 e. The molecule has 8 nitrogen and oxygen atoms in total. The number of halogens is 1. The lowest BCUT2D eigenvalue weighted by Gasteiger charge is -2.43. The molecular formula is C19H15FN4O4. The second-order valence-corrected chi connectivity index (χ2v) is 7.10. The lowest BCUT2D eigenvalue weighted by atomic mass is 9.63. The number of carbonyl (C=O) groups is 2. The second kappa shape index (κ2) is 5.75. The Morgan fingerprint density at radius 1 is 1.36 bits per heavy atom. The summed E-state index contributed by atoms with van der Waals surface area (Å²) in [6, 6.07) is 7.85. The Morgan fingerprint density at radius 2 is 2.18 bits per heavy atom. The Bertz CT molecular complexity index is 1120. The first kappa shape index (κ1) is 16.7. The third kappa shape index (κ3) is 2.29. The van der Waals surface area contributed by atoms with Crippen LogP contribution in [0.3, 0.4) is 0 Å². The van der Waals surface area contributed by atoms with Crippen LogP contribution in [0.2, 0.25) is 0 Å². The molecule has 2 N–H and O–H groups in total. The van der Waals surface area contributed by atoms with Crippen LogP contribution in [-0.4, -0.2) is 44.8 Å². The molecule has 1 saturated carbocycles. The van der Waals surface area contributed by atoms with Crippen LogP contribution in [0.5, 0.6) is 5.88 Å². The van der Waals surface area contributed by atoms with Gasteiger partial charge in [-0.2, -0.15) is 5.10 Å². The maximum atomic E-state index is 14.6. The number of aromatic nitrogens is 3. The van der Waals surface area contributed by atoms with Crippen molar-refractivity contribution in [2.24, 2.45) is 0 Å². The van der Waals surface area contributed by atoms with Gasteiger partial charge in [-0.25, -0.2) is 9.37 Å². The lowest BCUT2D eigenvalue weighted by Crippen LogP contribution is -2.54. The Balaban J connectivity index is 1.42. The van der Waals surface area contributed by atoms with Crippen LogP contribution in [0.15, 0.2) is 36.5 Å². The fourth-order valence-corrected chi connectivity index (χ4v) is 4.21. The molecule has 1 aliphatic carbocycles. The van der Waals surface area contributed by atoms with Gasteiger partial charge in [-0.3, -0.25) is 14.7 Å². The SMILES string of the molecule is O=C(O)CN1C(=O)C2(CC(Oc3ccc4[nH]ncc4n3)C2)c2c(F)cccc21. The highest BCUT2D eigenvalue weighted by Crippen LogP contribution is 2.55. The minimum Gasteiger partial charge on any atom is -0.480 e. The number of carboxylic acids is 1. The van der Waals surface area contributed by atoms with E-state index >= 15 is 0 Å². The fourth-order valence-electron chi connectivity index (χ4n) is 4.21. The quantitative estimate of drug-likeness (QED) is 0.715. The van der Waals surface area contributed by atoms with Crippen molar-refractivity contribution in [2.75, 3.05) is 11.4 Å². The van der Waals surface area contributed by atoms with Crippen LogP contribution in [0.4, 0.5) is 10.1 Å². The maximum Gasteiger partial charge on any atom is 0.323 e. The van der Waals surface area contributed by atoms with Crippen LogP contribution in [0, 0.1) is 5.82 Å². The number of anilines is 1. The van der Waals surface area contributed by atoms with E-state index in [1.54, 1.807) is 24.4 Å².